The van der Waals surface area contributed by atoms with E-state index in [1.165, 1.54) is 51.2 Å². The lowest BCUT2D eigenvalue weighted by atomic mass is 10.1. The second kappa shape index (κ2) is 7.55. The Kier molecular flexibility index (Phi) is 6.65. The molecule has 84 valence electrons. The number of nitrogens with zero attached hydrogens (tertiary/aromatic N) is 1. The predicted octanol–water partition coefficient (Wildman–Crippen LogP) is 1.81. The summed E-state index contributed by atoms with van der Waals surface area (Å²) < 4.78 is 0. The van der Waals surface area contributed by atoms with Crippen molar-refractivity contribution >= 4 is 11.8 Å². The molecule has 2 nitrogen and oxygen atoms in total. The van der Waals surface area contributed by atoms with Gasteiger partial charge in [0, 0.05) is 12.6 Å². The van der Waals surface area contributed by atoms with Gasteiger partial charge in [0.05, 0.1) is 0 Å². The van der Waals surface area contributed by atoms with Gasteiger partial charge in [-0.3, -0.25) is 4.90 Å². The average Bonchev–Trinajstić information content (AvgIpc) is 2.26. The van der Waals surface area contributed by atoms with E-state index in [0.29, 0.717) is 0 Å². The normalized spacial score (nSPS) is 22.9. The van der Waals surface area contributed by atoms with Crippen LogP contribution in [0.15, 0.2) is 0 Å². The Morgan fingerprint density at radius 1 is 1.50 bits per heavy atom. The summed E-state index contributed by atoms with van der Waals surface area (Å²) in [6, 6.07) is 0.801. The molecule has 0 aliphatic carbocycles. The summed E-state index contributed by atoms with van der Waals surface area (Å²) in [6.45, 7) is 7.20. The fourth-order valence-electron chi connectivity index (χ4n) is 2.16. The van der Waals surface area contributed by atoms with Crippen molar-refractivity contribution in [2.75, 3.05) is 38.2 Å². The lowest BCUT2D eigenvalue weighted by molar-refractivity contribution is 0.175. The lowest BCUT2D eigenvalue weighted by Gasteiger charge is -2.33. The maximum absolute atomic E-state index is 3.49. The summed E-state index contributed by atoms with van der Waals surface area (Å²) in [4.78, 5) is 2.64. The summed E-state index contributed by atoms with van der Waals surface area (Å²) in [5.41, 5.74) is 0. The van der Waals surface area contributed by atoms with Crippen molar-refractivity contribution in [1.29, 1.82) is 0 Å². The average molecular weight is 216 g/mol. The van der Waals surface area contributed by atoms with Crippen LogP contribution in [0.3, 0.4) is 0 Å². The number of rotatable bonds is 6. The number of hydrogen-bond donors (Lipinski definition) is 1. The Morgan fingerprint density at radius 3 is 2.93 bits per heavy atom. The molecule has 3 heteroatoms. The molecule has 0 saturated carbocycles. The van der Waals surface area contributed by atoms with Gasteiger partial charge in [0.25, 0.3) is 0 Å². The molecule has 0 aromatic carbocycles. The molecule has 0 bridgehead atoms. The summed E-state index contributed by atoms with van der Waals surface area (Å²) in [7, 11) is 0. The highest BCUT2D eigenvalue weighted by atomic mass is 32.2. The summed E-state index contributed by atoms with van der Waals surface area (Å²) in [5, 5.41) is 3.49. The molecule has 1 fully saturated rings. The highest BCUT2D eigenvalue weighted by Gasteiger charge is 2.18. The van der Waals surface area contributed by atoms with Gasteiger partial charge in [-0.15, -0.1) is 0 Å². The molecule has 1 unspecified atom stereocenters. The second-order valence-electron chi connectivity index (χ2n) is 3.98. The molecule has 1 aliphatic rings. The Morgan fingerprint density at radius 2 is 2.36 bits per heavy atom. The lowest BCUT2D eigenvalue weighted by Crippen LogP contribution is -2.46. The zero-order chi connectivity index (χ0) is 10.2. The molecule has 0 radical (unpaired) electrons. The van der Waals surface area contributed by atoms with Crippen LogP contribution in [-0.2, 0) is 0 Å². The minimum absolute atomic E-state index is 0.801. The first-order valence-corrected chi connectivity index (χ1v) is 7.21. The van der Waals surface area contributed by atoms with Gasteiger partial charge in [-0.2, -0.15) is 11.8 Å². The number of nitrogens with one attached hydrogen (secondary N) is 1. The largest absolute Gasteiger partial charge is 0.315 e. The maximum atomic E-state index is 3.49. The fourth-order valence-corrected chi connectivity index (χ4v) is 2.57. The molecular weight excluding hydrogens is 192 g/mol. The van der Waals surface area contributed by atoms with E-state index in [4.69, 9.17) is 0 Å². The van der Waals surface area contributed by atoms with Gasteiger partial charge in [-0.05, 0) is 50.9 Å². The van der Waals surface area contributed by atoms with Crippen LogP contribution in [-0.4, -0.2) is 49.1 Å². The molecule has 1 aliphatic heterocycles. The zero-order valence-electron chi connectivity index (χ0n) is 9.59. The third-order valence-corrected chi connectivity index (χ3v) is 3.68. The van der Waals surface area contributed by atoms with E-state index in [-0.39, 0.29) is 0 Å². The zero-order valence-corrected chi connectivity index (χ0v) is 10.4. The standard InChI is InChI=1S/C11H24N2S/c1-3-13(8-5-9-14-2)11-6-4-7-12-10-11/h11-12H,3-10H2,1-2H3. The van der Waals surface area contributed by atoms with Gasteiger partial charge < -0.3 is 5.32 Å². The molecule has 1 rings (SSSR count). The fraction of sp³-hybridized carbons (Fsp3) is 1.00. The van der Waals surface area contributed by atoms with Crippen LogP contribution in [0.2, 0.25) is 0 Å². The summed E-state index contributed by atoms with van der Waals surface area (Å²) >= 11 is 1.96. The highest BCUT2D eigenvalue weighted by Crippen LogP contribution is 2.11. The van der Waals surface area contributed by atoms with Crippen LogP contribution in [0.1, 0.15) is 26.2 Å². The number of likely N-dealkylation sites (N-methyl/N-ethyl adjacent to an activating group) is 1. The first-order valence-electron chi connectivity index (χ1n) is 5.82. The van der Waals surface area contributed by atoms with Gasteiger partial charge >= 0.3 is 0 Å². The van der Waals surface area contributed by atoms with Crippen LogP contribution < -0.4 is 5.32 Å². The van der Waals surface area contributed by atoms with E-state index in [1.807, 2.05) is 11.8 Å². The Labute approximate surface area is 92.8 Å². The second-order valence-corrected chi connectivity index (χ2v) is 4.96. The third-order valence-electron chi connectivity index (χ3n) is 2.99. The van der Waals surface area contributed by atoms with Crippen molar-refractivity contribution in [3.05, 3.63) is 0 Å². The summed E-state index contributed by atoms with van der Waals surface area (Å²) in [5.74, 6) is 1.30. The minimum Gasteiger partial charge on any atom is -0.315 e. The molecule has 0 amide bonds. The van der Waals surface area contributed by atoms with Crippen molar-refractivity contribution in [3.63, 3.8) is 0 Å². The van der Waals surface area contributed by atoms with Crippen molar-refractivity contribution in [3.8, 4) is 0 Å². The van der Waals surface area contributed by atoms with E-state index in [2.05, 4.69) is 23.4 Å². The minimum atomic E-state index is 0.801. The molecule has 1 heterocycles. The topological polar surface area (TPSA) is 15.3 Å². The van der Waals surface area contributed by atoms with E-state index in [0.717, 1.165) is 6.04 Å². The third kappa shape index (κ3) is 4.20. The van der Waals surface area contributed by atoms with E-state index >= 15 is 0 Å². The predicted molar refractivity (Wildman–Crippen MR) is 66.1 cm³/mol. The quantitative estimate of drug-likeness (QED) is 0.682. The monoisotopic (exact) mass is 216 g/mol. The Bertz CT molecular complexity index is 135. The summed E-state index contributed by atoms with van der Waals surface area (Å²) in [6.07, 6.45) is 6.27. The number of piperidine rings is 1. The van der Waals surface area contributed by atoms with E-state index in [1.54, 1.807) is 0 Å². The smallest absolute Gasteiger partial charge is 0.0221 e. The van der Waals surface area contributed by atoms with Crippen molar-refractivity contribution < 1.29 is 0 Å². The first kappa shape index (κ1) is 12.3. The molecule has 1 atom stereocenters. The Balaban J connectivity index is 2.21. The van der Waals surface area contributed by atoms with Gasteiger partial charge in [-0.1, -0.05) is 6.92 Å². The van der Waals surface area contributed by atoms with Gasteiger partial charge in [0.1, 0.15) is 0 Å². The van der Waals surface area contributed by atoms with Crippen LogP contribution >= 0.6 is 11.8 Å². The van der Waals surface area contributed by atoms with Crippen molar-refractivity contribution in [2.45, 2.75) is 32.2 Å². The molecule has 0 aromatic rings. The van der Waals surface area contributed by atoms with E-state index in [9.17, 15) is 0 Å². The number of thioether (sulfide) groups is 1. The van der Waals surface area contributed by atoms with Crippen LogP contribution in [0.25, 0.3) is 0 Å². The van der Waals surface area contributed by atoms with Crippen LogP contribution in [0, 0.1) is 0 Å². The number of hydrogen-bond acceptors (Lipinski definition) is 3. The van der Waals surface area contributed by atoms with E-state index < -0.39 is 0 Å². The highest BCUT2D eigenvalue weighted by molar-refractivity contribution is 7.98. The molecule has 1 saturated heterocycles. The van der Waals surface area contributed by atoms with Gasteiger partial charge in [-0.25, -0.2) is 0 Å². The van der Waals surface area contributed by atoms with Crippen LogP contribution in [0.5, 0.6) is 0 Å². The van der Waals surface area contributed by atoms with Crippen molar-refractivity contribution in [2.24, 2.45) is 0 Å². The molecule has 14 heavy (non-hydrogen) atoms. The SMILES string of the molecule is CCN(CCCSC)C1CCCNC1. The van der Waals surface area contributed by atoms with Gasteiger partial charge in [0.2, 0.25) is 0 Å². The van der Waals surface area contributed by atoms with Crippen molar-refractivity contribution in [1.82, 2.24) is 10.2 Å². The van der Waals surface area contributed by atoms with Crippen LogP contribution in [0.4, 0.5) is 0 Å². The molecule has 1 N–H and O–H groups in total. The maximum Gasteiger partial charge on any atom is 0.0221 e. The van der Waals surface area contributed by atoms with Gasteiger partial charge in [0.15, 0.2) is 0 Å². The Hall–Kier alpha value is 0.270. The first-order chi connectivity index (χ1) is 6.88. The molecule has 0 aromatic heterocycles. The molecule has 0 spiro atoms. The molecular formula is C11H24N2S.